The predicted molar refractivity (Wildman–Crippen MR) is 133 cm³/mol. The highest BCUT2D eigenvalue weighted by molar-refractivity contribution is 6.52. The Morgan fingerprint density at radius 1 is 1.25 bits per heavy atom. The van der Waals surface area contributed by atoms with Crippen LogP contribution in [0.1, 0.15) is 70.9 Å². The van der Waals surface area contributed by atoms with Gasteiger partial charge in [0.25, 0.3) is 0 Å². The lowest BCUT2D eigenvalue weighted by Gasteiger charge is -2.23. The molecular weight excluding hydrogens is 479 g/mol. The quantitative estimate of drug-likeness (QED) is 0.300. The third-order valence-electron chi connectivity index (χ3n) is 5.80. The average molecular weight is 515 g/mol. The average Bonchev–Trinajstić information content (AvgIpc) is 2.97. The zero-order valence-corrected chi connectivity index (χ0v) is 21.1. The second-order valence-corrected chi connectivity index (χ2v) is 8.98. The highest BCUT2D eigenvalue weighted by atomic mass is 19.4. The Balaban J connectivity index is 2.49. The van der Waals surface area contributed by atoms with E-state index in [1.165, 1.54) is 6.08 Å². The molecule has 1 aromatic carbocycles. The molecule has 0 radical (unpaired) electrons. The molecule has 0 aliphatic carbocycles. The molecule has 0 amide bonds. The number of allylic oxidation sites excluding steroid dienone is 2. The molecule has 1 heterocycles. The van der Waals surface area contributed by atoms with Gasteiger partial charge in [-0.1, -0.05) is 40.0 Å². The normalized spacial score (nSPS) is 16.6. The number of aliphatic imine (C=N–C) groups is 2. The van der Waals surface area contributed by atoms with Gasteiger partial charge in [0, 0.05) is 17.3 Å². The summed E-state index contributed by atoms with van der Waals surface area (Å²) in [4.78, 5) is 9.11. The van der Waals surface area contributed by atoms with Crippen molar-refractivity contribution in [2.24, 2.45) is 21.6 Å². The van der Waals surface area contributed by atoms with E-state index >= 15 is 0 Å². The fourth-order valence-corrected chi connectivity index (χ4v) is 3.81. The van der Waals surface area contributed by atoms with Crippen LogP contribution in [0.5, 0.6) is 5.75 Å². The van der Waals surface area contributed by atoms with Crippen LogP contribution in [0.4, 0.5) is 22.0 Å². The first kappa shape index (κ1) is 29.3. The summed E-state index contributed by atoms with van der Waals surface area (Å²) in [6.07, 6.45) is 3.59. The smallest absolute Gasteiger partial charge is 0.416 e. The summed E-state index contributed by atoms with van der Waals surface area (Å²) in [5.74, 6) is 0.422. The van der Waals surface area contributed by atoms with Crippen molar-refractivity contribution >= 4 is 11.4 Å². The highest BCUT2D eigenvalue weighted by Gasteiger charge is 2.32. The number of ether oxygens (including phenoxy) is 1. The summed E-state index contributed by atoms with van der Waals surface area (Å²) in [5.41, 5.74) is 5.48. The zero-order chi connectivity index (χ0) is 26.9. The van der Waals surface area contributed by atoms with Gasteiger partial charge in [-0.15, -0.1) is 0 Å². The molecule has 1 aliphatic rings. The molecule has 0 saturated heterocycles. The van der Waals surface area contributed by atoms with Crippen LogP contribution >= 0.6 is 0 Å². The minimum Gasteiger partial charge on any atom is -0.434 e. The molecule has 2 rings (SSSR count). The Morgan fingerprint density at radius 2 is 1.97 bits per heavy atom. The second kappa shape index (κ2) is 13.4. The number of nitrogens with one attached hydrogen (secondary N) is 1. The zero-order valence-electron chi connectivity index (χ0n) is 21.1. The van der Waals surface area contributed by atoms with Crippen molar-refractivity contribution in [2.45, 2.75) is 78.6 Å². The fourth-order valence-electron chi connectivity index (χ4n) is 3.81. The van der Waals surface area contributed by atoms with E-state index in [1.54, 1.807) is 13.0 Å². The number of halogens is 5. The molecule has 0 spiro atoms. The van der Waals surface area contributed by atoms with Gasteiger partial charge in [0.05, 0.1) is 23.5 Å². The van der Waals surface area contributed by atoms with Gasteiger partial charge in [-0.25, -0.2) is 4.99 Å². The van der Waals surface area contributed by atoms with Gasteiger partial charge in [0.15, 0.2) is 0 Å². The molecule has 36 heavy (non-hydrogen) atoms. The molecule has 200 valence electrons. The standard InChI is InChI=1S/C26H35F5N4O/c1-5-7-8-19(13-16(3)6-2)34-23-11-12-33-24(21(35-23)14-17(4)32)20-10-9-18(26(29,30)31)15-22(20)36-25(27)28/h9-11,14-16,19,25,34H,5-8,12-13,32H2,1-4H3/b17-14-. The van der Waals surface area contributed by atoms with Crippen LogP contribution in [0.15, 0.2) is 51.9 Å². The van der Waals surface area contributed by atoms with Gasteiger partial charge in [0.1, 0.15) is 11.6 Å². The van der Waals surface area contributed by atoms with Crippen molar-refractivity contribution in [1.82, 2.24) is 5.32 Å². The molecule has 5 nitrogen and oxygen atoms in total. The Kier molecular flexibility index (Phi) is 10.9. The van der Waals surface area contributed by atoms with Crippen molar-refractivity contribution < 1.29 is 26.7 Å². The summed E-state index contributed by atoms with van der Waals surface area (Å²) in [6, 6.07) is 2.59. The molecule has 0 fully saturated rings. The lowest BCUT2D eigenvalue weighted by Crippen LogP contribution is -2.30. The monoisotopic (exact) mass is 514 g/mol. The molecule has 1 aliphatic heterocycles. The topological polar surface area (TPSA) is 72.0 Å². The molecule has 10 heteroatoms. The molecule has 1 aromatic rings. The fraction of sp³-hybridized carbons (Fsp3) is 0.538. The van der Waals surface area contributed by atoms with E-state index in [4.69, 9.17) is 5.73 Å². The van der Waals surface area contributed by atoms with Crippen LogP contribution in [0.25, 0.3) is 0 Å². The maximum absolute atomic E-state index is 13.2. The summed E-state index contributed by atoms with van der Waals surface area (Å²) >= 11 is 0. The van der Waals surface area contributed by atoms with E-state index in [1.807, 2.05) is 0 Å². The first-order valence-electron chi connectivity index (χ1n) is 12.1. The molecule has 3 N–H and O–H groups in total. The maximum Gasteiger partial charge on any atom is 0.416 e. The van der Waals surface area contributed by atoms with Crippen molar-refractivity contribution in [1.29, 1.82) is 0 Å². The van der Waals surface area contributed by atoms with E-state index < -0.39 is 24.1 Å². The summed E-state index contributed by atoms with van der Waals surface area (Å²) in [6.45, 7) is 4.90. The maximum atomic E-state index is 13.2. The number of hydrogen-bond acceptors (Lipinski definition) is 5. The second-order valence-electron chi connectivity index (χ2n) is 8.98. The first-order valence-corrected chi connectivity index (χ1v) is 12.1. The van der Waals surface area contributed by atoms with E-state index in [0.717, 1.165) is 44.2 Å². The Labute approximate surface area is 209 Å². The third-order valence-corrected chi connectivity index (χ3v) is 5.80. The first-order chi connectivity index (χ1) is 16.9. The lowest BCUT2D eigenvalue weighted by atomic mass is 9.96. The van der Waals surface area contributed by atoms with Gasteiger partial charge in [-0.05, 0) is 56.0 Å². The molecule has 2 atom stereocenters. The third kappa shape index (κ3) is 8.95. The van der Waals surface area contributed by atoms with Crippen molar-refractivity contribution in [3.05, 3.63) is 53.0 Å². The Hall–Kier alpha value is -2.91. The van der Waals surface area contributed by atoms with Crippen LogP contribution in [0.3, 0.4) is 0 Å². The number of benzene rings is 1. The minimum atomic E-state index is -4.73. The van der Waals surface area contributed by atoms with Crippen LogP contribution < -0.4 is 15.8 Å². The van der Waals surface area contributed by atoms with Gasteiger partial charge in [-0.3, -0.25) is 4.99 Å². The Morgan fingerprint density at radius 3 is 2.56 bits per heavy atom. The van der Waals surface area contributed by atoms with Crippen LogP contribution in [-0.4, -0.2) is 30.6 Å². The number of alkyl halides is 5. The van der Waals surface area contributed by atoms with Crippen molar-refractivity contribution in [3.63, 3.8) is 0 Å². The van der Waals surface area contributed by atoms with Crippen LogP contribution in [0, 0.1) is 5.92 Å². The summed E-state index contributed by atoms with van der Waals surface area (Å²) in [5, 5.41) is 3.48. The molecule has 0 aromatic heterocycles. The van der Waals surface area contributed by atoms with E-state index in [-0.39, 0.29) is 29.6 Å². The van der Waals surface area contributed by atoms with Gasteiger partial charge < -0.3 is 15.8 Å². The SMILES string of the molecule is CCCCC(CC(C)CC)NC1=CCN=C(c2ccc(C(F)(F)F)cc2OC(F)F)C(/C=C(/C)N)=N1. The minimum absolute atomic E-state index is 0.0312. The largest absolute Gasteiger partial charge is 0.434 e. The predicted octanol–water partition coefficient (Wildman–Crippen LogP) is 6.84. The van der Waals surface area contributed by atoms with Crippen LogP contribution in [0.2, 0.25) is 0 Å². The molecule has 0 bridgehead atoms. The van der Waals surface area contributed by atoms with Crippen molar-refractivity contribution in [2.75, 3.05) is 6.54 Å². The van der Waals surface area contributed by atoms with Crippen LogP contribution in [-0.2, 0) is 6.18 Å². The van der Waals surface area contributed by atoms with Gasteiger partial charge in [-0.2, -0.15) is 22.0 Å². The number of nitrogens with two attached hydrogens (primary N) is 1. The van der Waals surface area contributed by atoms with Gasteiger partial charge >= 0.3 is 12.8 Å². The number of rotatable bonds is 12. The van der Waals surface area contributed by atoms with Gasteiger partial charge in [0.2, 0.25) is 0 Å². The van der Waals surface area contributed by atoms with Crippen molar-refractivity contribution in [3.8, 4) is 5.75 Å². The summed E-state index contributed by atoms with van der Waals surface area (Å²) < 4.78 is 70.4. The number of nitrogens with zero attached hydrogens (tertiary/aromatic N) is 2. The molecule has 0 saturated carbocycles. The molecular formula is C26H35F5N4O. The van der Waals surface area contributed by atoms with E-state index in [2.05, 4.69) is 40.8 Å². The Bertz CT molecular complexity index is 995. The lowest BCUT2D eigenvalue weighted by molar-refractivity contribution is -0.138. The highest BCUT2D eigenvalue weighted by Crippen LogP contribution is 2.34. The number of hydrogen-bond donors (Lipinski definition) is 2. The number of unbranched alkanes of at least 4 members (excludes halogenated alkanes) is 1. The summed E-state index contributed by atoms with van der Waals surface area (Å²) in [7, 11) is 0. The van der Waals surface area contributed by atoms with E-state index in [0.29, 0.717) is 23.5 Å². The molecule has 2 unspecified atom stereocenters. The van der Waals surface area contributed by atoms with E-state index in [9.17, 15) is 22.0 Å².